The number of benzene rings is 6. The highest BCUT2D eigenvalue weighted by atomic mass is 32.1. The van der Waals surface area contributed by atoms with Crippen LogP contribution in [0.1, 0.15) is 136 Å². The van der Waals surface area contributed by atoms with Crippen molar-refractivity contribution >= 4 is 99.9 Å². The molecule has 0 saturated heterocycles. The van der Waals surface area contributed by atoms with Gasteiger partial charge in [-0.15, -0.1) is 11.3 Å². The molecule has 1 aliphatic carbocycles. The first kappa shape index (κ1) is 41.4. The van der Waals surface area contributed by atoms with Crippen molar-refractivity contribution in [1.82, 2.24) is 0 Å². The molecule has 3 nitrogen and oxygen atoms in total. The van der Waals surface area contributed by atoms with Gasteiger partial charge in [-0.1, -0.05) is 132 Å². The van der Waals surface area contributed by atoms with Crippen molar-refractivity contribution in [2.45, 2.75) is 137 Å². The number of anilines is 6. The van der Waals surface area contributed by atoms with Crippen LogP contribution in [0.15, 0.2) is 108 Å². The molecule has 0 unspecified atom stereocenters. The van der Waals surface area contributed by atoms with Crippen LogP contribution in [0.25, 0.3) is 32.0 Å². The Hall–Kier alpha value is -5.26. The van der Waals surface area contributed by atoms with Crippen LogP contribution in [-0.2, 0) is 27.1 Å². The number of para-hydroxylation sites is 1. The van der Waals surface area contributed by atoms with Gasteiger partial charge in [-0.25, -0.2) is 0 Å². The van der Waals surface area contributed by atoms with Gasteiger partial charge in [0.15, 0.2) is 5.58 Å². The van der Waals surface area contributed by atoms with Crippen molar-refractivity contribution in [3.63, 3.8) is 0 Å². The van der Waals surface area contributed by atoms with Crippen LogP contribution in [0.3, 0.4) is 0 Å². The highest BCUT2D eigenvalue weighted by molar-refractivity contribution is 7.33. The molecule has 64 heavy (non-hydrogen) atoms. The monoisotopic (exact) mass is 858 g/mol. The molecule has 8 aromatic rings. The summed E-state index contributed by atoms with van der Waals surface area (Å²) < 4.78 is 9.82. The van der Waals surface area contributed by atoms with Gasteiger partial charge in [0.05, 0.1) is 11.4 Å². The fourth-order valence-corrected chi connectivity index (χ4v) is 12.5. The van der Waals surface area contributed by atoms with E-state index in [0.717, 1.165) is 35.1 Å². The summed E-state index contributed by atoms with van der Waals surface area (Å²) >= 11 is 2.00. The zero-order valence-electron chi connectivity index (χ0n) is 40.5. The lowest BCUT2D eigenvalue weighted by atomic mass is 9.35. The Morgan fingerprint density at radius 2 is 1.14 bits per heavy atom. The van der Waals surface area contributed by atoms with Gasteiger partial charge in [-0.2, -0.15) is 0 Å². The van der Waals surface area contributed by atoms with Gasteiger partial charge in [0.1, 0.15) is 5.58 Å². The Morgan fingerprint density at radius 1 is 0.562 bits per heavy atom. The Balaban J connectivity index is 1.27. The fraction of sp³-hybridized carbons (Fsp3) is 0.356. The summed E-state index contributed by atoms with van der Waals surface area (Å²) in [5.41, 5.74) is 20.4. The molecule has 0 N–H and O–H groups in total. The van der Waals surface area contributed by atoms with E-state index in [-0.39, 0.29) is 33.8 Å². The molecule has 0 fully saturated rings. The SMILES string of the molecule is Cc1cc2c3c(c1)N(c1cccc4c1oc1ccc(C(C)(C)C)cc14)c1cc4c(cc1B3c1sc3ccc(C(C)(C)C)cc3c1N2c1ccc(C(C)(C)C)cc1)C(C)(C)CCC4(C)C. The lowest BCUT2D eigenvalue weighted by molar-refractivity contribution is 0.332. The standard InChI is InChI=1S/C59H63BN2OS/c1-34-28-47-51-48(29-34)62(45-17-15-16-39-40-30-36(56(5,6)7)20-24-49(40)63-53(39)45)46-33-43-42(58(11,12)26-27-59(43,13)14)32-44(46)60(51)54-52(41-31-37(57(8,9)10)21-25-50(41)64-54)61(47)38-22-18-35(19-23-38)55(2,3)4/h15-25,28-33H,26-27H2,1-14H3. The van der Waals surface area contributed by atoms with Crippen LogP contribution in [0.5, 0.6) is 0 Å². The number of aryl methyl sites for hydroxylation is 1. The second kappa shape index (κ2) is 13.4. The van der Waals surface area contributed by atoms with Crippen molar-refractivity contribution in [2.75, 3.05) is 9.80 Å². The molecule has 2 aliphatic heterocycles. The lowest BCUT2D eigenvalue weighted by Crippen LogP contribution is -2.61. The second-order valence-corrected chi connectivity index (χ2v) is 24.9. The van der Waals surface area contributed by atoms with E-state index in [1.807, 2.05) is 11.3 Å². The van der Waals surface area contributed by atoms with Crippen LogP contribution >= 0.6 is 11.3 Å². The lowest BCUT2D eigenvalue weighted by Gasteiger charge is -2.47. The molecule has 0 bridgehead atoms. The molecule has 324 valence electrons. The van der Waals surface area contributed by atoms with E-state index < -0.39 is 0 Å². The summed E-state index contributed by atoms with van der Waals surface area (Å²) in [7, 11) is 0. The second-order valence-electron chi connectivity index (χ2n) is 23.8. The van der Waals surface area contributed by atoms with E-state index in [4.69, 9.17) is 4.42 Å². The number of hydrogen-bond donors (Lipinski definition) is 0. The molecular weight excluding hydrogens is 796 g/mol. The number of thiophene rings is 1. The predicted molar refractivity (Wildman–Crippen MR) is 279 cm³/mol. The molecule has 6 aromatic carbocycles. The molecule has 0 amide bonds. The molecular formula is C59H63BN2OS. The number of nitrogens with zero attached hydrogens (tertiary/aromatic N) is 2. The van der Waals surface area contributed by atoms with Gasteiger partial charge in [0.25, 0.3) is 6.71 Å². The van der Waals surface area contributed by atoms with Crippen molar-refractivity contribution in [3.8, 4) is 0 Å². The number of furan rings is 1. The molecule has 3 aliphatic rings. The summed E-state index contributed by atoms with van der Waals surface area (Å²) in [4.78, 5) is 5.22. The van der Waals surface area contributed by atoms with Crippen LogP contribution < -0.4 is 25.5 Å². The number of fused-ring (bicyclic) bond motifs is 10. The summed E-state index contributed by atoms with van der Waals surface area (Å²) in [5.74, 6) is 0. The van der Waals surface area contributed by atoms with Gasteiger partial charge in [0, 0.05) is 48.4 Å². The first-order chi connectivity index (χ1) is 30.0. The number of rotatable bonds is 2. The van der Waals surface area contributed by atoms with E-state index in [0.29, 0.717) is 0 Å². The molecule has 0 radical (unpaired) electrons. The highest BCUT2D eigenvalue weighted by Gasteiger charge is 2.48. The Kier molecular flexibility index (Phi) is 8.69. The van der Waals surface area contributed by atoms with Gasteiger partial charge >= 0.3 is 0 Å². The third kappa shape index (κ3) is 6.12. The van der Waals surface area contributed by atoms with E-state index in [1.165, 1.54) is 93.0 Å². The molecule has 0 saturated carbocycles. The zero-order valence-corrected chi connectivity index (χ0v) is 41.3. The van der Waals surface area contributed by atoms with E-state index in [9.17, 15) is 0 Å². The van der Waals surface area contributed by atoms with Gasteiger partial charge in [-0.3, -0.25) is 0 Å². The third-order valence-electron chi connectivity index (χ3n) is 15.2. The van der Waals surface area contributed by atoms with Crippen LogP contribution in [-0.4, -0.2) is 6.71 Å². The Labute approximate surface area is 385 Å². The molecule has 5 heteroatoms. The minimum absolute atomic E-state index is 0.0138. The van der Waals surface area contributed by atoms with Gasteiger partial charge in [-0.05, 0) is 152 Å². The minimum Gasteiger partial charge on any atom is -0.454 e. The summed E-state index contributed by atoms with van der Waals surface area (Å²) in [6, 6.07) is 40.5. The van der Waals surface area contributed by atoms with Crippen LogP contribution in [0.2, 0.25) is 0 Å². The first-order valence-corrected chi connectivity index (χ1v) is 24.4. The van der Waals surface area contributed by atoms with E-state index in [1.54, 1.807) is 0 Å². The van der Waals surface area contributed by atoms with Crippen LogP contribution in [0, 0.1) is 6.92 Å². The highest BCUT2D eigenvalue weighted by Crippen LogP contribution is 2.53. The van der Waals surface area contributed by atoms with Crippen molar-refractivity contribution in [3.05, 3.63) is 137 Å². The molecule has 11 rings (SSSR count). The van der Waals surface area contributed by atoms with Gasteiger partial charge < -0.3 is 14.2 Å². The topological polar surface area (TPSA) is 19.6 Å². The molecule has 0 atom stereocenters. The first-order valence-electron chi connectivity index (χ1n) is 23.6. The molecule has 2 aromatic heterocycles. The normalized spacial score (nSPS) is 16.6. The largest absolute Gasteiger partial charge is 0.454 e. The van der Waals surface area contributed by atoms with Gasteiger partial charge in [0.2, 0.25) is 0 Å². The smallest absolute Gasteiger partial charge is 0.264 e. The number of hydrogen-bond acceptors (Lipinski definition) is 4. The minimum atomic E-state index is 0.0138. The zero-order chi connectivity index (χ0) is 45.2. The summed E-state index contributed by atoms with van der Waals surface area (Å²) in [5, 5.41) is 3.67. The maximum Gasteiger partial charge on any atom is 0.264 e. The molecule has 0 spiro atoms. The summed E-state index contributed by atoms with van der Waals surface area (Å²) in [6.45, 7) is 33.0. The average molecular weight is 859 g/mol. The van der Waals surface area contributed by atoms with Crippen molar-refractivity contribution in [2.24, 2.45) is 0 Å². The Morgan fingerprint density at radius 3 is 1.78 bits per heavy atom. The van der Waals surface area contributed by atoms with Crippen molar-refractivity contribution < 1.29 is 4.42 Å². The summed E-state index contributed by atoms with van der Waals surface area (Å²) in [6.07, 6.45) is 2.32. The fourth-order valence-electron chi connectivity index (χ4n) is 11.2. The van der Waals surface area contributed by atoms with E-state index >= 15 is 0 Å². The third-order valence-corrected chi connectivity index (χ3v) is 16.4. The van der Waals surface area contributed by atoms with E-state index in [2.05, 4.69) is 210 Å². The maximum absolute atomic E-state index is 7.06. The van der Waals surface area contributed by atoms with Crippen molar-refractivity contribution in [1.29, 1.82) is 0 Å². The Bertz CT molecular complexity index is 3250. The van der Waals surface area contributed by atoms with Crippen LogP contribution in [0.4, 0.5) is 34.1 Å². The quantitative estimate of drug-likeness (QED) is 0.162. The molecule has 4 heterocycles. The maximum atomic E-state index is 7.06. The predicted octanol–water partition coefficient (Wildman–Crippen LogP) is 15.4. The average Bonchev–Trinajstić information content (AvgIpc) is 3.79.